The molecule has 260 valence electrons. The molecule has 0 aromatic heterocycles. The first-order valence-corrected chi connectivity index (χ1v) is 20.2. The molecule has 10 fully saturated rings. The van der Waals surface area contributed by atoms with E-state index in [0.29, 0.717) is 51.9 Å². The summed E-state index contributed by atoms with van der Waals surface area (Å²) < 4.78 is 13.4. The summed E-state index contributed by atoms with van der Waals surface area (Å²) in [4.78, 5) is 26.1. The van der Waals surface area contributed by atoms with Crippen molar-refractivity contribution in [2.75, 3.05) is 0 Å². The third kappa shape index (κ3) is 5.33. The van der Waals surface area contributed by atoms with Crippen LogP contribution in [-0.4, -0.2) is 23.1 Å². The van der Waals surface area contributed by atoms with Crippen molar-refractivity contribution < 1.29 is 19.1 Å². The highest BCUT2D eigenvalue weighted by atomic mass is 16.6. The lowest BCUT2D eigenvalue weighted by atomic mass is 9.41. The molecule has 47 heavy (non-hydrogen) atoms. The zero-order valence-electron chi connectivity index (χ0n) is 30.0. The van der Waals surface area contributed by atoms with Crippen LogP contribution in [0.3, 0.4) is 0 Å². The molecule has 4 atom stereocenters. The summed E-state index contributed by atoms with van der Waals surface area (Å²) in [5, 5.41) is 0. The molecular formula is C43H64O4. The maximum absolute atomic E-state index is 13.2. The molecule has 10 saturated carbocycles. The van der Waals surface area contributed by atoms with Crippen LogP contribution in [0, 0.1) is 70.0 Å². The van der Waals surface area contributed by atoms with Gasteiger partial charge < -0.3 is 9.47 Å². The van der Waals surface area contributed by atoms with Gasteiger partial charge in [-0.15, -0.1) is 0 Å². The molecule has 0 heterocycles. The Bertz CT molecular complexity index is 1230. The van der Waals surface area contributed by atoms with Crippen molar-refractivity contribution in [3.05, 3.63) is 24.8 Å². The summed E-state index contributed by atoms with van der Waals surface area (Å²) in [6, 6.07) is 0. The summed E-state index contributed by atoms with van der Waals surface area (Å²) in [5.41, 5.74) is 0.990. The predicted octanol–water partition coefficient (Wildman–Crippen LogP) is 10.4. The summed E-state index contributed by atoms with van der Waals surface area (Å²) in [5.74, 6) is 6.14. The van der Waals surface area contributed by atoms with Crippen LogP contribution in [0.15, 0.2) is 24.8 Å². The first kappa shape index (κ1) is 32.6. The average Bonchev–Trinajstić information content (AvgIpc) is 3.03. The molecule has 10 aliphatic rings. The molecule has 8 bridgehead atoms. The standard InChI is InChI=1S/C43H64O4/c1-6-38(44)46-42(34-17-30-18-35(42)24-40(5,21-30)23-34)33-13-9-29(10-14-33)15-16-41-22-31-19-36(25-41)43(37(20-31)26-41,47-39(45)27(2)3)32-11-7-28(4)8-12-32/h6,28-37H,1-2,7-26H2,3-5H3. The number of rotatable bonds is 9. The number of carbonyl (C=O) groups excluding carboxylic acids is 2. The minimum atomic E-state index is -0.248. The summed E-state index contributed by atoms with van der Waals surface area (Å²) in [7, 11) is 0. The van der Waals surface area contributed by atoms with Gasteiger partial charge in [0.25, 0.3) is 0 Å². The number of hydrogen-bond donors (Lipinski definition) is 0. The molecule has 0 spiro atoms. The largest absolute Gasteiger partial charge is 0.455 e. The molecule has 0 aromatic carbocycles. The molecule has 4 heteroatoms. The van der Waals surface area contributed by atoms with Gasteiger partial charge in [0.2, 0.25) is 0 Å². The van der Waals surface area contributed by atoms with Gasteiger partial charge in [-0.2, -0.15) is 0 Å². The van der Waals surface area contributed by atoms with E-state index in [1.54, 1.807) is 0 Å². The minimum Gasteiger partial charge on any atom is -0.455 e. The van der Waals surface area contributed by atoms with Crippen LogP contribution in [0.25, 0.3) is 0 Å². The topological polar surface area (TPSA) is 52.6 Å². The van der Waals surface area contributed by atoms with E-state index in [-0.39, 0.29) is 23.1 Å². The summed E-state index contributed by atoms with van der Waals surface area (Å²) >= 11 is 0. The van der Waals surface area contributed by atoms with E-state index in [9.17, 15) is 9.59 Å². The fourth-order valence-electron chi connectivity index (χ4n) is 15.3. The van der Waals surface area contributed by atoms with Crippen LogP contribution in [0.4, 0.5) is 0 Å². The Hall–Kier alpha value is -1.58. The Labute approximate surface area is 285 Å². The maximum atomic E-state index is 13.2. The van der Waals surface area contributed by atoms with Crippen LogP contribution >= 0.6 is 0 Å². The second-order valence-electron chi connectivity index (χ2n) is 19.7. The fraction of sp³-hybridized carbons (Fsp3) is 0.860. The molecule has 0 saturated heterocycles. The molecule has 0 aliphatic heterocycles. The maximum Gasteiger partial charge on any atom is 0.333 e. The fourth-order valence-corrected chi connectivity index (χ4v) is 15.3. The lowest BCUT2D eigenvalue weighted by Crippen LogP contribution is -2.66. The highest BCUT2D eigenvalue weighted by molar-refractivity contribution is 5.87. The Kier molecular flexibility index (Phi) is 8.15. The van der Waals surface area contributed by atoms with E-state index in [2.05, 4.69) is 27.0 Å². The van der Waals surface area contributed by atoms with E-state index >= 15 is 0 Å². The first-order chi connectivity index (χ1) is 22.5. The number of esters is 2. The van der Waals surface area contributed by atoms with Crippen molar-refractivity contribution in [1.82, 2.24) is 0 Å². The van der Waals surface area contributed by atoms with Gasteiger partial charge >= 0.3 is 11.9 Å². The summed E-state index contributed by atoms with van der Waals surface area (Å²) in [6.45, 7) is 14.6. The molecule has 0 amide bonds. The van der Waals surface area contributed by atoms with Crippen molar-refractivity contribution in [1.29, 1.82) is 0 Å². The highest BCUT2D eigenvalue weighted by Crippen LogP contribution is 2.70. The van der Waals surface area contributed by atoms with E-state index in [1.165, 1.54) is 134 Å². The minimum absolute atomic E-state index is 0.133. The van der Waals surface area contributed by atoms with Gasteiger partial charge in [-0.25, -0.2) is 9.59 Å². The SMILES string of the molecule is C=CC(=O)OC1(C2CCC(CCC34CC5CC(C3)C(OC(=O)C(=C)C)(C3CCC(C)CC3)C(C5)C4)CC2)C2CC3CC1CC(C)(C3)C2. The van der Waals surface area contributed by atoms with Gasteiger partial charge in [0.1, 0.15) is 11.2 Å². The molecule has 4 unspecified atom stereocenters. The van der Waals surface area contributed by atoms with Gasteiger partial charge in [-0.1, -0.05) is 52.7 Å². The molecule has 10 rings (SSSR count). The number of hydrogen-bond acceptors (Lipinski definition) is 4. The van der Waals surface area contributed by atoms with Crippen LogP contribution < -0.4 is 0 Å². The van der Waals surface area contributed by atoms with E-state index < -0.39 is 0 Å². The quantitative estimate of drug-likeness (QED) is 0.185. The van der Waals surface area contributed by atoms with Crippen molar-refractivity contribution >= 4 is 11.9 Å². The Morgan fingerprint density at radius 3 is 1.74 bits per heavy atom. The van der Waals surface area contributed by atoms with Gasteiger partial charge in [0.15, 0.2) is 0 Å². The second-order valence-corrected chi connectivity index (χ2v) is 19.7. The van der Waals surface area contributed by atoms with Crippen molar-refractivity contribution in [3.8, 4) is 0 Å². The number of carbonyl (C=O) groups is 2. The van der Waals surface area contributed by atoms with Crippen molar-refractivity contribution in [2.24, 2.45) is 70.0 Å². The Morgan fingerprint density at radius 2 is 1.21 bits per heavy atom. The molecule has 0 radical (unpaired) electrons. The highest BCUT2D eigenvalue weighted by Gasteiger charge is 2.67. The third-order valence-corrected chi connectivity index (χ3v) is 16.6. The van der Waals surface area contributed by atoms with Gasteiger partial charge in [-0.05, 0) is 156 Å². The van der Waals surface area contributed by atoms with Crippen molar-refractivity contribution in [3.63, 3.8) is 0 Å². The van der Waals surface area contributed by atoms with Gasteiger partial charge in [0.05, 0.1) is 0 Å². The van der Waals surface area contributed by atoms with Gasteiger partial charge in [0, 0.05) is 35.3 Å². The molecular weight excluding hydrogens is 580 g/mol. The molecule has 0 N–H and O–H groups in total. The Balaban J connectivity index is 0.946. The van der Waals surface area contributed by atoms with E-state index in [0.717, 1.165) is 23.7 Å². The zero-order chi connectivity index (χ0) is 32.8. The molecule has 4 nitrogen and oxygen atoms in total. The van der Waals surface area contributed by atoms with Crippen LogP contribution in [0.5, 0.6) is 0 Å². The van der Waals surface area contributed by atoms with E-state index in [4.69, 9.17) is 9.47 Å². The third-order valence-electron chi connectivity index (χ3n) is 16.6. The van der Waals surface area contributed by atoms with Crippen LogP contribution in [0.1, 0.15) is 149 Å². The van der Waals surface area contributed by atoms with E-state index in [1.807, 2.05) is 6.92 Å². The van der Waals surface area contributed by atoms with Crippen LogP contribution in [0.2, 0.25) is 0 Å². The van der Waals surface area contributed by atoms with Gasteiger partial charge in [-0.3, -0.25) is 0 Å². The first-order valence-electron chi connectivity index (χ1n) is 20.2. The lowest BCUT2D eigenvalue weighted by molar-refractivity contribution is -0.248. The zero-order valence-corrected chi connectivity index (χ0v) is 30.0. The normalized spacial score (nSPS) is 51.0. The average molecular weight is 645 g/mol. The Morgan fingerprint density at radius 1 is 0.702 bits per heavy atom. The lowest BCUT2D eigenvalue weighted by Gasteiger charge is -2.67. The molecule has 10 aliphatic carbocycles. The second kappa shape index (κ2) is 11.8. The van der Waals surface area contributed by atoms with Crippen LogP contribution in [-0.2, 0) is 19.1 Å². The smallest absolute Gasteiger partial charge is 0.333 e. The predicted molar refractivity (Wildman–Crippen MR) is 186 cm³/mol. The summed E-state index contributed by atoms with van der Waals surface area (Å²) in [6.07, 6.45) is 27.1. The molecule has 0 aromatic rings. The van der Waals surface area contributed by atoms with Crippen molar-refractivity contribution in [2.45, 2.75) is 160 Å². The monoisotopic (exact) mass is 644 g/mol. The number of ether oxygens (including phenoxy) is 2.